The number of aryl methyl sites for hydroxylation is 2. The van der Waals surface area contributed by atoms with Crippen molar-refractivity contribution in [1.29, 1.82) is 0 Å². The summed E-state index contributed by atoms with van der Waals surface area (Å²) in [5.74, 6) is -0.170. The SMILES string of the molecule is Cc1sc2ncnc(SC(C)C(=O)Nc3ccc(S(=O)(=O)N4CCCC4)cc3)c2c1C. The summed E-state index contributed by atoms with van der Waals surface area (Å²) in [6, 6.07) is 6.36. The highest BCUT2D eigenvalue weighted by Gasteiger charge is 2.27. The summed E-state index contributed by atoms with van der Waals surface area (Å²) in [4.78, 5) is 23.8. The minimum Gasteiger partial charge on any atom is -0.325 e. The van der Waals surface area contributed by atoms with Gasteiger partial charge in [0.1, 0.15) is 16.2 Å². The third-order valence-corrected chi connectivity index (χ3v) is 9.54. The number of nitrogens with zero attached hydrogens (tertiary/aromatic N) is 3. The third kappa shape index (κ3) is 4.48. The van der Waals surface area contributed by atoms with Crippen molar-refractivity contribution in [2.75, 3.05) is 18.4 Å². The highest BCUT2D eigenvalue weighted by Crippen LogP contribution is 2.36. The lowest BCUT2D eigenvalue weighted by Crippen LogP contribution is -2.27. The van der Waals surface area contributed by atoms with Crippen molar-refractivity contribution in [2.24, 2.45) is 0 Å². The smallest absolute Gasteiger partial charge is 0.243 e. The Bertz CT molecular complexity index is 1220. The lowest BCUT2D eigenvalue weighted by Gasteiger charge is -2.16. The normalized spacial score (nSPS) is 16.0. The van der Waals surface area contributed by atoms with Crippen LogP contribution in [0.1, 0.15) is 30.2 Å². The molecule has 0 saturated carbocycles. The van der Waals surface area contributed by atoms with Gasteiger partial charge >= 0.3 is 0 Å². The predicted molar refractivity (Wildman–Crippen MR) is 125 cm³/mol. The summed E-state index contributed by atoms with van der Waals surface area (Å²) in [6.07, 6.45) is 3.32. The van der Waals surface area contributed by atoms with Crippen molar-refractivity contribution in [2.45, 2.75) is 48.8 Å². The standard InChI is InChI=1S/C21H24N4O3S3/c1-13-14(2)29-20-18(13)21(23-12-22-20)30-15(3)19(26)24-16-6-8-17(9-7-16)31(27,28)25-10-4-5-11-25/h6-9,12,15H,4-5,10-11H2,1-3H3,(H,24,26). The molecule has 4 rings (SSSR count). The van der Waals surface area contributed by atoms with Gasteiger partial charge in [0.15, 0.2) is 0 Å². The molecule has 0 radical (unpaired) electrons. The maximum Gasteiger partial charge on any atom is 0.243 e. The number of thiophene rings is 1. The summed E-state index contributed by atoms with van der Waals surface area (Å²) in [6.45, 7) is 7.06. The van der Waals surface area contributed by atoms with Gasteiger partial charge in [-0.25, -0.2) is 18.4 Å². The second-order valence-corrected chi connectivity index (χ2v) is 12.0. The zero-order valence-corrected chi connectivity index (χ0v) is 20.0. The second-order valence-electron chi connectivity index (χ2n) is 7.53. The predicted octanol–water partition coefficient (Wildman–Crippen LogP) is 4.21. The molecule has 1 atom stereocenters. The molecule has 1 fully saturated rings. The van der Waals surface area contributed by atoms with E-state index in [1.807, 2.05) is 13.8 Å². The van der Waals surface area contributed by atoms with E-state index in [9.17, 15) is 13.2 Å². The number of anilines is 1. The third-order valence-electron chi connectivity index (χ3n) is 5.41. The van der Waals surface area contributed by atoms with Crippen LogP contribution in [-0.4, -0.2) is 46.9 Å². The van der Waals surface area contributed by atoms with E-state index < -0.39 is 10.0 Å². The first-order chi connectivity index (χ1) is 14.8. The van der Waals surface area contributed by atoms with Crippen LogP contribution in [0, 0.1) is 13.8 Å². The fourth-order valence-electron chi connectivity index (χ4n) is 3.49. The van der Waals surface area contributed by atoms with E-state index >= 15 is 0 Å². The molecule has 1 aromatic carbocycles. The Morgan fingerprint density at radius 3 is 2.52 bits per heavy atom. The Hall–Kier alpha value is -2.01. The fourth-order valence-corrected chi connectivity index (χ4v) is 7.05. The van der Waals surface area contributed by atoms with Gasteiger partial charge in [-0.15, -0.1) is 11.3 Å². The number of fused-ring (bicyclic) bond motifs is 1. The van der Waals surface area contributed by atoms with Crippen LogP contribution in [0.15, 0.2) is 40.5 Å². The molecule has 31 heavy (non-hydrogen) atoms. The van der Waals surface area contributed by atoms with Gasteiger partial charge in [0.05, 0.1) is 10.1 Å². The molecular weight excluding hydrogens is 452 g/mol. The summed E-state index contributed by atoms with van der Waals surface area (Å²) in [7, 11) is -3.46. The van der Waals surface area contributed by atoms with Crippen molar-refractivity contribution >= 4 is 54.9 Å². The Labute approximate surface area is 190 Å². The van der Waals surface area contributed by atoms with Crippen LogP contribution in [0.2, 0.25) is 0 Å². The van der Waals surface area contributed by atoms with Crippen LogP contribution < -0.4 is 5.32 Å². The zero-order valence-electron chi connectivity index (χ0n) is 17.6. The number of benzene rings is 1. The first kappa shape index (κ1) is 22.2. The summed E-state index contributed by atoms with van der Waals surface area (Å²) >= 11 is 3.02. The second kappa shape index (κ2) is 8.85. The van der Waals surface area contributed by atoms with Crippen molar-refractivity contribution in [3.63, 3.8) is 0 Å². The van der Waals surface area contributed by atoms with Gasteiger partial charge in [-0.1, -0.05) is 11.8 Å². The van der Waals surface area contributed by atoms with Gasteiger partial charge in [0.25, 0.3) is 0 Å². The number of amides is 1. The number of aromatic nitrogens is 2. The topological polar surface area (TPSA) is 92.3 Å². The summed E-state index contributed by atoms with van der Waals surface area (Å²) in [5, 5.41) is 4.28. The summed E-state index contributed by atoms with van der Waals surface area (Å²) in [5.41, 5.74) is 1.71. The first-order valence-electron chi connectivity index (χ1n) is 10.1. The number of hydrogen-bond acceptors (Lipinski definition) is 7. The number of rotatable bonds is 6. The molecule has 0 aliphatic carbocycles. The molecule has 0 spiro atoms. The molecule has 164 valence electrons. The van der Waals surface area contributed by atoms with Gasteiger partial charge in [-0.05, 0) is 63.4 Å². The van der Waals surface area contributed by atoms with Gasteiger partial charge in [0, 0.05) is 29.0 Å². The molecule has 1 aliphatic heterocycles. The van der Waals surface area contributed by atoms with E-state index in [0.717, 1.165) is 33.6 Å². The number of hydrogen-bond donors (Lipinski definition) is 1. The molecule has 10 heteroatoms. The van der Waals surface area contributed by atoms with Crippen LogP contribution in [0.25, 0.3) is 10.2 Å². The van der Waals surface area contributed by atoms with Crippen LogP contribution in [0.3, 0.4) is 0 Å². The quantitative estimate of drug-likeness (QED) is 0.423. The molecule has 1 unspecified atom stereocenters. The van der Waals surface area contributed by atoms with Crippen molar-refractivity contribution in [3.05, 3.63) is 41.0 Å². The molecular formula is C21H24N4O3S3. The highest BCUT2D eigenvalue weighted by atomic mass is 32.2. The molecule has 1 amide bonds. The maximum absolute atomic E-state index is 12.7. The number of nitrogens with one attached hydrogen (secondary N) is 1. The molecule has 1 N–H and O–H groups in total. The molecule has 0 bridgehead atoms. The molecule has 3 heterocycles. The average molecular weight is 477 g/mol. The van der Waals surface area contributed by atoms with E-state index in [4.69, 9.17) is 0 Å². The maximum atomic E-state index is 12.7. The van der Waals surface area contributed by atoms with Crippen LogP contribution in [0.5, 0.6) is 0 Å². The van der Waals surface area contributed by atoms with E-state index in [0.29, 0.717) is 18.8 Å². The van der Waals surface area contributed by atoms with Gasteiger partial charge in [-0.3, -0.25) is 4.79 Å². The van der Waals surface area contributed by atoms with Crippen LogP contribution in [-0.2, 0) is 14.8 Å². The van der Waals surface area contributed by atoms with Crippen LogP contribution >= 0.6 is 23.1 Å². The summed E-state index contributed by atoms with van der Waals surface area (Å²) < 4.78 is 26.8. The number of carbonyl (C=O) groups excluding carboxylic acids is 1. The van der Waals surface area contributed by atoms with E-state index in [2.05, 4.69) is 22.2 Å². The molecule has 3 aromatic rings. The lowest BCUT2D eigenvalue weighted by molar-refractivity contribution is -0.115. The highest BCUT2D eigenvalue weighted by molar-refractivity contribution is 8.00. The number of sulfonamides is 1. The van der Waals surface area contributed by atoms with Gasteiger partial charge < -0.3 is 5.32 Å². The van der Waals surface area contributed by atoms with E-state index in [-0.39, 0.29) is 16.1 Å². The average Bonchev–Trinajstić information content (AvgIpc) is 3.38. The minimum atomic E-state index is -3.46. The monoisotopic (exact) mass is 476 g/mol. The van der Waals surface area contributed by atoms with Crippen LogP contribution in [0.4, 0.5) is 5.69 Å². The molecule has 7 nitrogen and oxygen atoms in total. The largest absolute Gasteiger partial charge is 0.325 e. The fraction of sp³-hybridized carbons (Fsp3) is 0.381. The number of carbonyl (C=O) groups is 1. The Morgan fingerprint density at radius 2 is 1.84 bits per heavy atom. The van der Waals surface area contributed by atoms with Gasteiger partial charge in [-0.2, -0.15) is 4.31 Å². The molecule has 1 saturated heterocycles. The Balaban J connectivity index is 1.45. The van der Waals surface area contributed by atoms with E-state index in [1.165, 1.54) is 27.3 Å². The zero-order chi connectivity index (χ0) is 22.2. The first-order valence-corrected chi connectivity index (χ1v) is 13.2. The lowest BCUT2D eigenvalue weighted by atomic mass is 10.2. The van der Waals surface area contributed by atoms with E-state index in [1.54, 1.807) is 35.6 Å². The Morgan fingerprint density at radius 1 is 1.16 bits per heavy atom. The Kier molecular flexibility index (Phi) is 6.34. The molecule has 2 aromatic heterocycles. The molecule has 1 aliphatic rings. The number of thioether (sulfide) groups is 1. The van der Waals surface area contributed by atoms with Crippen molar-refractivity contribution in [3.8, 4) is 0 Å². The van der Waals surface area contributed by atoms with Gasteiger partial charge in [0.2, 0.25) is 15.9 Å². The van der Waals surface area contributed by atoms with Crippen molar-refractivity contribution < 1.29 is 13.2 Å². The van der Waals surface area contributed by atoms with Crippen molar-refractivity contribution in [1.82, 2.24) is 14.3 Å². The minimum absolute atomic E-state index is 0.170.